The molecule has 1 aromatic heterocycles. The number of halogens is 2. The fourth-order valence-electron chi connectivity index (χ4n) is 7.72. The Balaban J connectivity index is 1.29. The van der Waals surface area contributed by atoms with Gasteiger partial charge in [-0.05, 0) is 62.3 Å². The van der Waals surface area contributed by atoms with Crippen LogP contribution >= 0.6 is 23.2 Å². The van der Waals surface area contributed by atoms with Gasteiger partial charge in [0, 0.05) is 89.0 Å². The second kappa shape index (κ2) is 15.7. The van der Waals surface area contributed by atoms with E-state index in [9.17, 15) is 27.9 Å². The Kier molecular flexibility index (Phi) is 11.7. The molecule has 1 saturated carbocycles. The first kappa shape index (κ1) is 38.6. The molecule has 0 radical (unpaired) electrons. The SMILES string of the molecule is CN(C)S(=O)(=O)N1CCN(C(O[C@H]2CC[C@H](C(=O)O)CC2)(C(=O)Cc2cc(Cl)c(NC(=O)c3cn(C)c4ccccc34)cc2Cl)N2CCCC2)CC1. The average Bonchev–Trinajstić information content (AvgIpc) is 3.78. The lowest BCUT2D eigenvalue weighted by molar-refractivity contribution is -0.259. The summed E-state index contributed by atoms with van der Waals surface area (Å²) in [5.74, 6) is -3.46. The van der Waals surface area contributed by atoms with E-state index in [2.05, 4.69) is 5.32 Å². The van der Waals surface area contributed by atoms with E-state index in [0.717, 1.165) is 23.7 Å². The van der Waals surface area contributed by atoms with Gasteiger partial charge in [0.25, 0.3) is 16.1 Å². The number of piperazine rings is 1. The molecule has 3 heterocycles. The van der Waals surface area contributed by atoms with Gasteiger partial charge in [0.1, 0.15) is 0 Å². The Hall–Kier alpha value is -3.08. The number of likely N-dealkylation sites (tertiary alicyclic amines) is 1. The Labute approximate surface area is 314 Å². The number of carboxylic acids is 1. The summed E-state index contributed by atoms with van der Waals surface area (Å²) in [6.45, 7) is 2.01. The fraction of sp³-hybridized carbons (Fsp3) is 0.528. The number of rotatable bonds is 12. The molecule has 2 N–H and O–H groups in total. The molecular formula is C36H46Cl2N6O7S. The number of nitrogens with zero attached hydrogens (tertiary/aromatic N) is 5. The van der Waals surface area contributed by atoms with E-state index >= 15 is 0 Å². The molecule has 2 aliphatic heterocycles. The molecule has 1 amide bonds. The van der Waals surface area contributed by atoms with Crippen molar-refractivity contribution < 1.29 is 32.6 Å². The van der Waals surface area contributed by atoms with E-state index in [0.29, 0.717) is 55.6 Å². The number of aromatic nitrogens is 1. The van der Waals surface area contributed by atoms with Crippen molar-refractivity contribution in [3.8, 4) is 0 Å². The quantitative estimate of drug-likeness (QED) is 0.268. The molecule has 3 fully saturated rings. The molecule has 1 aliphatic carbocycles. The maximum atomic E-state index is 15.0. The Bertz CT molecular complexity index is 1930. The number of aliphatic carboxylic acids is 1. The number of hydrogen-bond donors (Lipinski definition) is 2. The lowest BCUT2D eigenvalue weighted by atomic mass is 9.87. The van der Waals surface area contributed by atoms with Crippen molar-refractivity contribution in [3.63, 3.8) is 0 Å². The summed E-state index contributed by atoms with van der Waals surface area (Å²) in [5, 5.41) is 13.7. The Morgan fingerprint density at radius 3 is 2.21 bits per heavy atom. The average molecular weight is 778 g/mol. The van der Waals surface area contributed by atoms with E-state index in [1.165, 1.54) is 22.7 Å². The van der Waals surface area contributed by atoms with Crippen LogP contribution in [0.3, 0.4) is 0 Å². The smallest absolute Gasteiger partial charge is 0.306 e. The molecular weight excluding hydrogens is 731 g/mol. The van der Waals surface area contributed by atoms with Gasteiger partial charge in [-0.1, -0.05) is 41.4 Å². The van der Waals surface area contributed by atoms with Gasteiger partial charge in [-0.15, -0.1) is 0 Å². The Morgan fingerprint density at radius 1 is 0.942 bits per heavy atom. The number of para-hydroxylation sites is 1. The first-order chi connectivity index (χ1) is 24.7. The third kappa shape index (κ3) is 7.62. The molecule has 3 aromatic rings. The van der Waals surface area contributed by atoms with Crippen LogP contribution in [0.25, 0.3) is 10.9 Å². The number of carboxylic acid groups (broad SMARTS) is 1. The number of carbonyl (C=O) groups excluding carboxylic acids is 2. The van der Waals surface area contributed by atoms with Gasteiger partial charge in [0.05, 0.1) is 28.3 Å². The zero-order valence-electron chi connectivity index (χ0n) is 29.7. The molecule has 1 atom stereocenters. The molecule has 16 heteroatoms. The van der Waals surface area contributed by atoms with Crippen LogP contribution in [0.15, 0.2) is 42.6 Å². The lowest BCUT2D eigenvalue weighted by Gasteiger charge is -2.52. The summed E-state index contributed by atoms with van der Waals surface area (Å²) in [6.07, 6.45) is 4.78. The first-order valence-electron chi connectivity index (χ1n) is 17.7. The molecule has 52 heavy (non-hydrogen) atoms. The first-order valence-corrected chi connectivity index (χ1v) is 19.8. The summed E-state index contributed by atoms with van der Waals surface area (Å²) >= 11 is 13.6. The molecule has 13 nitrogen and oxygen atoms in total. The van der Waals surface area contributed by atoms with Crippen LogP contribution in [-0.2, 0) is 38.0 Å². The van der Waals surface area contributed by atoms with Gasteiger partial charge < -0.3 is 19.7 Å². The molecule has 282 valence electrons. The minimum atomic E-state index is -3.67. The maximum absolute atomic E-state index is 15.0. The standard InChI is InChI=1S/C36H46Cl2N6O7S/c1-40(2)52(49,50)44-18-16-43(17-19-44)36(42-14-6-7-15-42,51-26-12-10-24(11-13-26)35(47)48)33(45)21-25-20-30(38)31(22-29(25)37)39-34(46)28-23-41(3)32-9-5-4-8-27(28)32/h4-5,8-9,20,22-24,26H,6-7,10-19,21H2,1-3H3,(H,39,46)(H,47,48)/t24-,26-,36?. The van der Waals surface area contributed by atoms with E-state index in [4.69, 9.17) is 27.9 Å². The predicted octanol–water partition coefficient (Wildman–Crippen LogP) is 4.68. The highest BCUT2D eigenvalue weighted by molar-refractivity contribution is 7.86. The van der Waals surface area contributed by atoms with Crippen molar-refractivity contribution in [2.24, 2.45) is 13.0 Å². The number of Topliss-reactive ketones (excluding diaryl/α,β-unsaturated/α-hetero) is 1. The minimum Gasteiger partial charge on any atom is -0.481 e. The highest BCUT2D eigenvalue weighted by Crippen LogP contribution is 2.38. The number of carbonyl (C=O) groups is 3. The molecule has 0 bridgehead atoms. The molecule has 0 spiro atoms. The molecule has 6 rings (SSSR count). The van der Waals surface area contributed by atoms with Crippen molar-refractivity contribution in [1.82, 2.24) is 23.0 Å². The minimum absolute atomic E-state index is 0.146. The number of anilines is 1. The van der Waals surface area contributed by atoms with E-state index in [1.807, 2.05) is 45.7 Å². The van der Waals surface area contributed by atoms with Crippen LogP contribution < -0.4 is 5.32 Å². The van der Waals surface area contributed by atoms with E-state index in [1.54, 1.807) is 18.3 Å². The summed E-state index contributed by atoms with van der Waals surface area (Å²) < 4.78 is 37.4. The summed E-state index contributed by atoms with van der Waals surface area (Å²) in [4.78, 5) is 44.1. The van der Waals surface area contributed by atoms with Gasteiger partial charge in [-0.3, -0.25) is 24.2 Å². The molecule has 1 unspecified atom stereocenters. The van der Waals surface area contributed by atoms with Crippen LogP contribution in [-0.4, -0.2) is 119 Å². The van der Waals surface area contributed by atoms with E-state index in [-0.39, 0.29) is 60.4 Å². The fourth-order valence-corrected chi connectivity index (χ4v) is 9.27. The second-order valence-corrected chi connectivity index (χ2v) is 17.0. The van der Waals surface area contributed by atoms with Crippen LogP contribution in [0.4, 0.5) is 5.69 Å². The Morgan fingerprint density at radius 2 is 1.58 bits per heavy atom. The van der Waals surface area contributed by atoms with Gasteiger partial charge in [-0.2, -0.15) is 17.0 Å². The van der Waals surface area contributed by atoms with Crippen molar-refractivity contribution in [1.29, 1.82) is 0 Å². The summed E-state index contributed by atoms with van der Waals surface area (Å²) in [5.41, 5.74) is 2.14. The van der Waals surface area contributed by atoms with Crippen molar-refractivity contribution >= 4 is 67.7 Å². The van der Waals surface area contributed by atoms with Gasteiger partial charge in [0.2, 0.25) is 5.85 Å². The number of nitrogens with one attached hydrogen (secondary N) is 1. The highest BCUT2D eigenvalue weighted by atomic mass is 35.5. The highest BCUT2D eigenvalue weighted by Gasteiger charge is 2.53. The molecule has 3 aliphatic rings. The second-order valence-electron chi connectivity index (χ2n) is 14.1. The van der Waals surface area contributed by atoms with Crippen LogP contribution in [0.5, 0.6) is 0 Å². The number of fused-ring (bicyclic) bond motifs is 1. The molecule has 2 aromatic carbocycles. The topological polar surface area (TPSA) is 145 Å². The zero-order chi connectivity index (χ0) is 37.4. The largest absolute Gasteiger partial charge is 0.481 e. The van der Waals surface area contributed by atoms with Gasteiger partial charge in [0.15, 0.2) is 5.78 Å². The maximum Gasteiger partial charge on any atom is 0.306 e. The number of aryl methyl sites for hydroxylation is 1. The van der Waals surface area contributed by atoms with Crippen molar-refractivity contribution in [2.75, 3.05) is 58.7 Å². The number of ether oxygens (including phenoxy) is 1. The third-order valence-electron chi connectivity index (χ3n) is 10.6. The lowest BCUT2D eigenvalue weighted by Crippen LogP contribution is -2.71. The zero-order valence-corrected chi connectivity index (χ0v) is 32.0. The van der Waals surface area contributed by atoms with Gasteiger partial charge in [-0.25, -0.2) is 0 Å². The van der Waals surface area contributed by atoms with Crippen molar-refractivity contribution in [3.05, 3.63) is 63.8 Å². The number of benzene rings is 2. The van der Waals surface area contributed by atoms with Crippen molar-refractivity contribution in [2.45, 2.75) is 56.9 Å². The number of amides is 1. The third-order valence-corrected chi connectivity index (χ3v) is 13.2. The monoisotopic (exact) mass is 776 g/mol. The normalized spacial score (nSPS) is 22.1. The van der Waals surface area contributed by atoms with Crippen LogP contribution in [0, 0.1) is 5.92 Å². The summed E-state index contributed by atoms with van der Waals surface area (Å²) in [7, 11) is 1.18. The number of hydrogen-bond acceptors (Lipinski definition) is 8. The number of ketones is 1. The van der Waals surface area contributed by atoms with E-state index < -0.39 is 27.9 Å². The van der Waals surface area contributed by atoms with Crippen LogP contribution in [0.1, 0.15) is 54.4 Å². The predicted molar refractivity (Wildman–Crippen MR) is 200 cm³/mol. The molecule has 2 saturated heterocycles. The summed E-state index contributed by atoms with van der Waals surface area (Å²) in [6, 6.07) is 10.7. The van der Waals surface area contributed by atoms with Crippen LogP contribution in [0.2, 0.25) is 10.0 Å². The van der Waals surface area contributed by atoms with Gasteiger partial charge >= 0.3 is 5.97 Å².